The van der Waals surface area contributed by atoms with Crippen LogP contribution in [-0.4, -0.2) is 66.5 Å². The van der Waals surface area contributed by atoms with Crippen molar-refractivity contribution in [2.24, 2.45) is 0 Å². The summed E-state index contributed by atoms with van der Waals surface area (Å²) in [5.41, 5.74) is 2.93. The van der Waals surface area contributed by atoms with Gasteiger partial charge in [0.2, 0.25) is 5.91 Å². The van der Waals surface area contributed by atoms with Crippen LogP contribution in [0.25, 0.3) is 10.9 Å². The maximum Gasteiger partial charge on any atom is 0.262 e. The van der Waals surface area contributed by atoms with Gasteiger partial charge in [0.15, 0.2) is 0 Å². The number of fused-ring (bicyclic) bond motifs is 1. The molecule has 1 saturated heterocycles. The van der Waals surface area contributed by atoms with E-state index in [1.807, 2.05) is 30.0 Å². The molecule has 0 N–H and O–H groups in total. The highest BCUT2D eigenvalue weighted by atomic mass is 35.5. The number of hydrogen-bond donors (Lipinski definition) is 0. The number of rotatable bonds is 4. The Balaban J connectivity index is 1.75. The Morgan fingerprint density at radius 3 is 2.35 bits per heavy atom. The van der Waals surface area contributed by atoms with Crippen molar-refractivity contribution in [1.82, 2.24) is 14.4 Å². The van der Waals surface area contributed by atoms with Crippen LogP contribution in [0, 0.1) is 6.92 Å². The van der Waals surface area contributed by atoms with Crippen LogP contribution < -0.4 is 4.74 Å². The molecule has 0 saturated carbocycles. The summed E-state index contributed by atoms with van der Waals surface area (Å²) in [6.07, 6.45) is 0.250. The summed E-state index contributed by atoms with van der Waals surface area (Å²) in [6.45, 7) is 5.08. The van der Waals surface area contributed by atoms with E-state index in [1.165, 1.54) is 0 Å². The zero-order valence-corrected chi connectivity index (χ0v) is 18.8. The molecule has 2 aromatic carbocycles. The van der Waals surface area contributed by atoms with E-state index in [0.717, 1.165) is 48.3 Å². The van der Waals surface area contributed by atoms with Gasteiger partial charge in [-0.3, -0.25) is 14.2 Å². The predicted molar refractivity (Wildman–Crippen MR) is 122 cm³/mol. The Kier molecular flexibility index (Phi) is 6.03. The van der Waals surface area contributed by atoms with Gasteiger partial charge in [-0.05, 0) is 62.0 Å². The van der Waals surface area contributed by atoms with Crippen LogP contribution in [0.5, 0.6) is 5.75 Å². The van der Waals surface area contributed by atoms with Gasteiger partial charge >= 0.3 is 0 Å². The highest BCUT2D eigenvalue weighted by Gasteiger charge is 2.25. The van der Waals surface area contributed by atoms with Crippen molar-refractivity contribution >= 4 is 34.3 Å². The van der Waals surface area contributed by atoms with E-state index in [2.05, 4.69) is 11.9 Å². The van der Waals surface area contributed by atoms with E-state index < -0.39 is 0 Å². The average molecular weight is 440 g/mol. The second-order valence-electron chi connectivity index (χ2n) is 7.96. The minimum absolute atomic E-state index is 0.0806. The lowest BCUT2D eigenvalue weighted by atomic mass is 10.1. The molecule has 0 bridgehead atoms. The van der Waals surface area contributed by atoms with Gasteiger partial charge in [-0.15, -0.1) is 0 Å². The van der Waals surface area contributed by atoms with Crippen LogP contribution in [0.15, 0.2) is 42.5 Å². The first-order valence-corrected chi connectivity index (χ1v) is 10.7. The Bertz CT molecular complexity index is 1130. The van der Waals surface area contributed by atoms with Crippen LogP contribution in [-0.2, 0) is 11.2 Å². The Morgan fingerprint density at radius 1 is 1.03 bits per heavy atom. The summed E-state index contributed by atoms with van der Waals surface area (Å²) in [4.78, 5) is 30.6. The monoisotopic (exact) mass is 439 g/mol. The fraction of sp³-hybridized carbons (Fsp3) is 0.333. The van der Waals surface area contributed by atoms with Crippen molar-refractivity contribution in [2.45, 2.75) is 13.3 Å². The molecule has 1 fully saturated rings. The van der Waals surface area contributed by atoms with Gasteiger partial charge in [-0.25, -0.2) is 0 Å². The van der Waals surface area contributed by atoms with Crippen LogP contribution in [0.3, 0.4) is 0 Å². The van der Waals surface area contributed by atoms with Crippen molar-refractivity contribution in [1.29, 1.82) is 0 Å². The maximum atomic E-state index is 13.4. The standard InChI is InChI=1S/C24H26ClN3O3/c1-16-20(15-23(29)27-12-10-26(2)11-13-27)21-14-19(31-3)8-9-22(21)28(16)24(30)17-4-6-18(25)7-5-17/h4-9,14H,10-13,15H2,1-3H3. The summed E-state index contributed by atoms with van der Waals surface area (Å²) in [5, 5.41) is 1.44. The molecule has 1 aromatic heterocycles. The molecule has 31 heavy (non-hydrogen) atoms. The molecule has 1 aliphatic rings. The van der Waals surface area contributed by atoms with Gasteiger partial charge in [0, 0.05) is 47.8 Å². The number of ether oxygens (including phenoxy) is 1. The summed E-state index contributed by atoms with van der Waals surface area (Å²) in [5.74, 6) is 0.622. The van der Waals surface area contributed by atoms with Crippen molar-refractivity contribution in [3.05, 3.63) is 64.3 Å². The number of aromatic nitrogens is 1. The molecule has 0 unspecified atom stereocenters. The van der Waals surface area contributed by atoms with E-state index >= 15 is 0 Å². The molecule has 0 atom stereocenters. The van der Waals surface area contributed by atoms with Gasteiger partial charge in [0.25, 0.3) is 5.91 Å². The summed E-state index contributed by atoms with van der Waals surface area (Å²) < 4.78 is 7.09. The molecule has 4 rings (SSSR count). The predicted octanol–water partition coefficient (Wildman–Crippen LogP) is 3.62. The zero-order chi connectivity index (χ0) is 22.1. The van der Waals surface area contributed by atoms with Gasteiger partial charge in [0.1, 0.15) is 5.75 Å². The summed E-state index contributed by atoms with van der Waals surface area (Å²) in [7, 11) is 3.67. The molecule has 7 heteroatoms. The van der Waals surface area contributed by atoms with E-state index in [9.17, 15) is 9.59 Å². The molecule has 6 nitrogen and oxygen atoms in total. The minimum atomic E-state index is -0.150. The molecule has 3 aromatic rings. The number of nitrogens with zero attached hydrogens (tertiary/aromatic N) is 3. The lowest BCUT2D eigenvalue weighted by Crippen LogP contribution is -2.47. The summed E-state index contributed by atoms with van der Waals surface area (Å²) >= 11 is 5.99. The van der Waals surface area contributed by atoms with Crippen molar-refractivity contribution < 1.29 is 14.3 Å². The van der Waals surface area contributed by atoms with Crippen LogP contribution in [0.1, 0.15) is 21.6 Å². The number of amides is 1. The first-order chi connectivity index (χ1) is 14.9. The Hall–Kier alpha value is -2.83. The number of carbonyl (C=O) groups is 2. The molecule has 0 spiro atoms. The first kappa shape index (κ1) is 21.4. The molecule has 2 heterocycles. The normalized spacial score (nSPS) is 14.8. The largest absolute Gasteiger partial charge is 0.497 e. The number of piperazine rings is 1. The highest BCUT2D eigenvalue weighted by Crippen LogP contribution is 2.31. The summed E-state index contributed by atoms with van der Waals surface area (Å²) in [6, 6.07) is 12.5. The third-order valence-corrected chi connectivity index (χ3v) is 6.27. The smallest absolute Gasteiger partial charge is 0.262 e. The quantitative estimate of drug-likeness (QED) is 0.623. The number of halogens is 1. The topological polar surface area (TPSA) is 54.8 Å². The fourth-order valence-electron chi connectivity index (χ4n) is 4.11. The zero-order valence-electron chi connectivity index (χ0n) is 18.0. The molecular weight excluding hydrogens is 414 g/mol. The lowest BCUT2D eigenvalue weighted by molar-refractivity contribution is -0.132. The first-order valence-electron chi connectivity index (χ1n) is 10.3. The third kappa shape index (κ3) is 4.18. The number of carbonyl (C=O) groups excluding carboxylic acids is 2. The van der Waals surface area contributed by atoms with Crippen LogP contribution in [0.4, 0.5) is 0 Å². The Labute approximate surface area is 186 Å². The highest BCUT2D eigenvalue weighted by molar-refractivity contribution is 6.30. The Morgan fingerprint density at radius 2 is 1.71 bits per heavy atom. The molecule has 1 amide bonds. The van der Waals surface area contributed by atoms with Gasteiger partial charge in [-0.2, -0.15) is 0 Å². The SMILES string of the molecule is COc1ccc2c(c1)c(CC(=O)N1CCN(C)CC1)c(C)n2C(=O)c1ccc(Cl)cc1. The molecule has 0 aliphatic carbocycles. The van der Waals surface area contributed by atoms with Crippen molar-refractivity contribution in [2.75, 3.05) is 40.3 Å². The second-order valence-corrected chi connectivity index (χ2v) is 8.39. The third-order valence-electron chi connectivity index (χ3n) is 6.02. The van der Waals surface area contributed by atoms with Gasteiger partial charge < -0.3 is 14.5 Å². The van der Waals surface area contributed by atoms with E-state index in [0.29, 0.717) is 16.3 Å². The van der Waals surface area contributed by atoms with Gasteiger partial charge in [-0.1, -0.05) is 11.6 Å². The van der Waals surface area contributed by atoms with Crippen LogP contribution >= 0.6 is 11.6 Å². The molecule has 1 aliphatic heterocycles. The van der Waals surface area contributed by atoms with Crippen LogP contribution in [0.2, 0.25) is 5.02 Å². The molecule has 0 radical (unpaired) electrons. The number of hydrogen-bond acceptors (Lipinski definition) is 4. The minimum Gasteiger partial charge on any atom is -0.497 e. The molecular formula is C24H26ClN3O3. The van der Waals surface area contributed by atoms with E-state index in [4.69, 9.17) is 16.3 Å². The fourth-order valence-corrected chi connectivity index (χ4v) is 4.24. The number of benzene rings is 2. The average Bonchev–Trinajstić information content (AvgIpc) is 3.04. The number of methoxy groups -OCH3 is 1. The second kappa shape index (κ2) is 8.73. The molecule has 162 valence electrons. The van der Waals surface area contributed by atoms with Gasteiger partial charge in [0.05, 0.1) is 19.0 Å². The van der Waals surface area contributed by atoms with Crippen molar-refractivity contribution in [3.63, 3.8) is 0 Å². The van der Waals surface area contributed by atoms with Crippen molar-refractivity contribution in [3.8, 4) is 5.75 Å². The van der Waals surface area contributed by atoms with E-state index in [1.54, 1.807) is 35.9 Å². The number of likely N-dealkylation sites (N-methyl/N-ethyl adjacent to an activating group) is 1. The lowest BCUT2D eigenvalue weighted by Gasteiger charge is -2.32. The maximum absolute atomic E-state index is 13.4. The van der Waals surface area contributed by atoms with E-state index in [-0.39, 0.29) is 18.2 Å².